The molecule has 3 aromatic rings. The molecule has 23 heavy (non-hydrogen) atoms. The fourth-order valence-electron chi connectivity index (χ4n) is 2.81. The van der Waals surface area contributed by atoms with E-state index in [1.807, 2.05) is 0 Å². The summed E-state index contributed by atoms with van der Waals surface area (Å²) in [5.41, 5.74) is -2.04. The van der Waals surface area contributed by atoms with E-state index in [0.29, 0.717) is 0 Å². The van der Waals surface area contributed by atoms with E-state index in [1.165, 1.54) is 12.1 Å². The number of hydrogen-bond acceptors (Lipinski definition) is 3. The van der Waals surface area contributed by atoms with E-state index >= 15 is 0 Å². The van der Waals surface area contributed by atoms with Gasteiger partial charge in [0.05, 0.1) is 27.7 Å². The molecule has 0 fully saturated rings. The maximum Gasteiger partial charge on any atom is 0.418 e. The molecule has 2 aromatic carbocycles. The van der Waals surface area contributed by atoms with Gasteiger partial charge in [-0.15, -0.1) is 0 Å². The van der Waals surface area contributed by atoms with Gasteiger partial charge in [-0.1, -0.05) is 18.2 Å². The minimum absolute atomic E-state index is 0.161. The van der Waals surface area contributed by atoms with Crippen LogP contribution >= 0.6 is 0 Å². The van der Waals surface area contributed by atoms with Crippen LogP contribution in [0.5, 0.6) is 0 Å². The number of ketones is 1. The molecule has 4 rings (SSSR count). The highest BCUT2D eigenvalue weighted by Crippen LogP contribution is 2.38. The Morgan fingerprint density at radius 2 is 1.70 bits per heavy atom. The van der Waals surface area contributed by atoms with Gasteiger partial charge in [-0.3, -0.25) is 14.2 Å². The van der Waals surface area contributed by atoms with Crippen LogP contribution in [0.3, 0.4) is 0 Å². The normalized spacial score (nSPS) is 13.3. The first kappa shape index (κ1) is 13.7. The number of aromatic nitrogens is 2. The lowest BCUT2D eigenvalue weighted by atomic mass is 10.1. The van der Waals surface area contributed by atoms with Crippen LogP contribution in [0.2, 0.25) is 0 Å². The molecule has 0 radical (unpaired) electrons. The molecule has 0 spiro atoms. The molecule has 1 aromatic heterocycles. The van der Waals surface area contributed by atoms with Gasteiger partial charge >= 0.3 is 6.18 Å². The minimum Gasteiger partial charge on any atom is -0.285 e. The Bertz CT molecular complexity index is 1050. The first-order chi connectivity index (χ1) is 10.9. The molecule has 0 atom stereocenters. The van der Waals surface area contributed by atoms with Crippen LogP contribution in [-0.4, -0.2) is 15.3 Å². The highest BCUT2D eigenvalue weighted by Gasteiger charge is 2.40. The number of halogens is 3. The van der Waals surface area contributed by atoms with Gasteiger partial charge in [-0.05, 0) is 24.3 Å². The number of para-hydroxylation sites is 2. The molecule has 0 bridgehead atoms. The van der Waals surface area contributed by atoms with Gasteiger partial charge in [0.1, 0.15) is 0 Å². The van der Waals surface area contributed by atoms with E-state index in [2.05, 4.69) is 4.98 Å². The molecule has 1 aliphatic heterocycles. The van der Waals surface area contributed by atoms with Gasteiger partial charge in [-0.25, -0.2) is 4.98 Å². The number of alkyl halides is 3. The topological polar surface area (TPSA) is 52.0 Å². The van der Waals surface area contributed by atoms with Gasteiger partial charge in [0, 0.05) is 0 Å². The third kappa shape index (κ3) is 1.76. The predicted molar refractivity (Wildman–Crippen MR) is 75.8 cm³/mol. The third-order valence-electron chi connectivity index (χ3n) is 3.79. The summed E-state index contributed by atoms with van der Waals surface area (Å²) in [6.45, 7) is 0. The standard InChI is InChI=1S/C16H7F3N2O2/c17-16(18,19)10-6-3-5-9-12(10)21-14(13(9)22)20-11-7-2-1-4-8(11)15(21)23/h1-7H. The molecule has 1 aliphatic rings. The van der Waals surface area contributed by atoms with Crippen LogP contribution in [0, 0.1) is 0 Å². The molecule has 7 heteroatoms. The number of carbonyl (C=O) groups excluding carboxylic acids is 1. The lowest BCUT2D eigenvalue weighted by Crippen LogP contribution is -2.23. The fourth-order valence-corrected chi connectivity index (χ4v) is 2.81. The number of carbonyl (C=O) groups is 1. The van der Waals surface area contributed by atoms with E-state index in [4.69, 9.17) is 0 Å². The van der Waals surface area contributed by atoms with Crippen molar-refractivity contribution in [3.8, 4) is 5.69 Å². The zero-order valence-electron chi connectivity index (χ0n) is 11.4. The molecule has 0 saturated carbocycles. The van der Waals surface area contributed by atoms with Crippen molar-refractivity contribution in [2.24, 2.45) is 0 Å². The maximum atomic E-state index is 13.3. The third-order valence-corrected chi connectivity index (χ3v) is 3.79. The van der Waals surface area contributed by atoms with Gasteiger partial charge in [0.25, 0.3) is 5.56 Å². The zero-order valence-corrected chi connectivity index (χ0v) is 11.4. The molecule has 0 amide bonds. The zero-order chi connectivity index (χ0) is 16.4. The number of hydrogen-bond donors (Lipinski definition) is 0. The molecule has 0 saturated heterocycles. The highest BCUT2D eigenvalue weighted by atomic mass is 19.4. The second-order valence-electron chi connectivity index (χ2n) is 5.12. The Hall–Kier alpha value is -2.96. The molecule has 2 heterocycles. The summed E-state index contributed by atoms with van der Waals surface area (Å²) in [6, 6.07) is 9.51. The Kier molecular flexibility index (Phi) is 2.55. The second kappa shape index (κ2) is 4.28. The first-order valence-electron chi connectivity index (χ1n) is 6.66. The van der Waals surface area contributed by atoms with Crippen molar-refractivity contribution in [2.45, 2.75) is 6.18 Å². The van der Waals surface area contributed by atoms with Crippen LogP contribution < -0.4 is 5.56 Å². The van der Waals surface area contributed by atoms with E-state index < -0.39 is 28.8 Å². The SMILES string of the molecule is O=C1c2cccc(C(F)(F)F)c2-n2c1nc1ccccc1c2=O. The Morgan fingerprint density at radius 3 is 2.43 bits per heavy atom. The lowest BCUT2D eigenvalue weighted by Gasteiger charge is -2.13. The van der Waals surface area contributed by atoms with E-state index in [-0.39, 0.29) is 22.3 Å². The van der Waals surface area contributed by atoms with Crippen molar-refractivity contribution in [1.82, 2.24) is 9.55 Å². The number of nitrogens with zero attached hydrogens (tertiary/aromatic N) is 2. The van der Waals surface area contributed by atoms with Crippen molar-refractivity contribution in [3.05, 3.63) is 69.8 Å². The first-order valence-corrected chi connectivity index (χ1v) is 6.66. The van der Waals surface area contributed by atoms with Crippen molar-refractivity contribution in [2.75, 3.05) is 0 Å². The Morgan fingerprint density at radius 1 is 0.957 bits per heavy atom. The van der Waals surface area contributed by atoms with Crippen LogP contribution in [0.4, 0.5) is 13.2 Å². The summed E-state index contributed by atoms with van der Waals surface area (Å²) >= 11 is 0. The summed E-state index contributed by atoms with van der Waals surface area (Å²) in [5, 5.41) is 0.161. The number of benzene rings is 2. The summed E-state index contributed by atoms with van der Waals surface area (Å²) in [6.07, 6.45) is -4.68. The number of fused-ring (bicyclic) bond motifs is 4. The average molecular weight is 316 g/mol. The second-order valence-corrected chi connectivity index (χ2v) is 5.12. The lowest BCUT2D eigenvalue weighted by molar-refractivity contribution is -0.137. The molecular weight excluding hydrogens is 309 g/mol. The summed E-state index contributed by atoms with van der Waals surface area (Å²) in [4.78, 5) is 29.1. The minimum atomic E-state index is -4.68. The van der Waals surface area contributed by atoms with Crippen LogP contribution in [0.1, 0.15) is 21.7 Å². The summed E-state index contributed by atoms with van der Waals surface area (Å²) in [5.74, 6) is -0.977. The largest absolute Gasteiger partial charge is 0.418 e. The van der Waals surface area contributed by atoms with Crippen molar-refractivity contribution in [3.63, 3.8) is 0 Å². The molecule has 4 nitrogen and oxygen atoms in total. The summed E-state index contributed by atoms with van der Waals surface area (Å²) in [7, 11) is 0. The monoisotopic (exact) mass is 316 g/mol. The quantitative estimate of drug-likeness (QED) is 0.501. The maximum absolute atomic E-state index is 13.3. The molecule has 0 N–H and O–H groups in total. The molecule has 0 aliphatic carbocycles. The summed E-state index contributed by atoms with van der Waals surface area (Å²) < 4.78 is 40.6. The average Bonchev–Trinajstić information content (AvgIpc) is 2.80. The van der Waals surface area contributed by atoms with Gasteiger partial charge in [0.2, 0.25) is 5.78 Å². The molecule has 0 unspecified atom stereocenters. The van der Waals surface area contributed by atoms with Gasteiger partial charge in [-0.2, -0.15) is 13.2 Å². The van der Waals surface area contributed by atoms with Crippen molar-refractivity contribution in [1.29, 1.82) is 0 Å². The van der Waals surface area contributed by atoms with E-state index in [0.717, 1.165) is 16.7 Å². The number of rotatable bonds is 0. The van der Waals surface area contributed by atoms with Crippen molar-refractivity contribution >= 4 is 16.7 Å². The van der Waals surface area contributed by atoms with Gasteiger partial charge < -0.3 is 0 Å². The Balaban J connectivity index is 2.20. The van der Waals surface area contributed by atoms with E-state index in [9.17, 15) is 22.8 Å². The predicted octanol–water partition coefficient (Wildman–Crippen LogP) is 2.95. The molecular formula is C16H7F3N2O2. The molecule has 114 valence electrons. The Labute approximate surface area is 126 Å². The van der Waals surface area contributed by atoms with Crippen LogP contribution in [0.15, 0.2) is 47.3 Å². The van der Waals surface area contributed by atoms with Crippen molar-refractivity contribution < 1.29 is 18.0 Å². The van der Waals surface area contributed by atoms with Crippen LogP contribution in [-0.2, 0) is 6.18 Å². The van der Waals surface area contributed by atoms with Gasteiger partial charge in [0.15, 0.2) is 5.82 Å². The smallest absolute Gasteiger partial charge is 0.285 e. The van der Waals surface area contributed by atoms with Crippen LogP contribution in [0.25, 0.3) is 16.6 Å². The van der Waals surface area contributed by atoms with E-state index in [1.54, 1.807) is 18.2 Å². The highest BCUT2D eigenvalue weighted by molar-refractivity contribution is 6.13. The fraction of sp³-hybridized carbons (Fsp3) is 0.0625.